The molecule has 2 aromatic carbocycles. The minimum Gasteiger partial charge on any atom is -0.238 e. The van der Waals surface area contributed by atoms with E-state index in [9.17, 15) is 8.42 Å². The Morgan fingerprint density at radius 1 is 1.11 bits per heavy atom. The van der Waals surface area contributed by atoms with Crippen molar-refractivity contribution in [3.05, 3.63) is 77.1 Å². The summed E-state index contributed by atoms with van der Waals surface area (Å²) in [6, 6.07) is 17.7. The Kier molecular flexibility index (Phi) is 5.13. The van der Waals surface area contributed by atoms with Crippen LogP contribution in [0.4, 0.5) is 0 Å². The lowest BCUT2D eigenvalue weighted by Crippen LogP contribution is -2.27. The number of benzene rings is 2. The molecule has 27 heavy (non-hydrogen) atoms. The molecule has 0 saturated carbocycles. The molecule has 0 aliphatic rings. The van der Waals surface area contributed by atoms with Gasteiger partial charge in [0.1, 0.15) is 0 Å². The molecule has 0 amide bonds. The molecule has 0 N–H and O–H groups in total. The molecule has 0 aliphatic heterocycles. The zero-order chi connectivity index (χ0) is 19.6. The van der Waals surface area contributed by atoms with Gasteiger partial charge < -0.3 is 0 Å². The molecular formula is C20H20N4O2S. The van der Waals surface area contributed by atoms with Crippen molar-refractivity contribution in [1.29, 1.82) is 5.26 Å². The van der Waals surface area contributed by atoms with Gasteiger partial charge in [-0.2, -0.15) is 14.7 Å². The van der Waals surface area contributed by atoms with Crippen molar-refractivity contribution < 1.29 is 8.42 Å². The van der Waals surface area contributed by atoms with Gasteiger partial charge in [0.25, 0.3) is 0 Å². The van der Waals surface area contributed by atoms with Gasteiger partial charge in [-0.05, 0) is 44.2 Å². The van der Waals surface area contributed by atoms with Gasteiger partial charge in [0, 0.05) is 24.8 Å². The highest BCUT2D eigenvalue weighted by molar-refractivity contribution is 7.89. The number of rotatable bonds is 5. The normalized spacial score (nSPS) is 11.5. The maximum absolute atomic E-state index is 12.9. The second-order valence-electron chi connectivity index (χ2n) is 6.30. The number of sulfonamides is 1. The zero-order valence-electron chi connectivity index (χ0n) is 15.4. The molecule has 0 saturated heterocycles. The van der Waals surface area contributed by atoms with E-state index >= 15 is 0 Å². The third kappa shape index (κ3) is 3.63. The van der Waals surface area contributed by atoms with Crippen LogP contribution in [0.2, 0.25) is 0 Å². The Hall–Kier alpha value is -2.95. The van der Waals surface area contributed by atoms with Gasteiger partial charge in [0.15, 0.2) is 0 Å². The van der Waals surface area contributed by atoms with Crippen LogP contribution < -0.4 is 0 Å². The molecule has 0 unspecified atom stereocenters. The predicted octanol–water partition coefficient (Wildman–Crippen LogP) is 3.18. The summed E-state index contributed by atoms with van der Waals surface area (Å²) in [6.45, 7) is 4.00. The molecule has 0 fully saturated rings. The van der Waals surface area contributed by atoms with Crippen molar-refractivity contribution in [3.8, 4) is 11.8 Å². The van der Waals surface area contributed by atoms with Crippen molar-refractivity contribution >= 4 is 10.0 Å². The van der Waals surface area contributed by atoms with Crippen LogP contribution in [0.1, 0.15) is 22.5 Å². The molecule has 0 atom stereocenters. The molecule has 1 heterocycles. The summed E-state index contributed by atoms with van der Waals surface area (Å²) in [6.07, 6.45) is 0. The summed E-state index contributed by atoms with van der Waals surface area (Å²) < 4.78 is 28.9. The van der Waals surface area contributed by atoms with E-state index in [1.165, 1.54) is 23.5 Å². The average Bonchev–Trinajstić information content (AvgIpc) is 2.96. The van der Waals surface area contributed by atoms with E-state index in [4.69, 9.17) is 5.26 Å². The Balaban J connectivity index is 1.93. The third-order valence-corrected chi connectivity index (χ3v) is 6.29. The topological polar surface area (TPSA) is 79.0 Å². The summed E-state index contributed by atoms with van der Waals surface area (Å²) in [5.74, 6) is 0. The summed E-state index contributed by atoms with van der Waals surface area (Å²) in [4.78, 5) is 0.106. The fourth-order valence-electron chi connectivity index (χ4n) is 2.94. The fraction of sp³-hybridized carbons (Fsp3) is 0.200. The molecule has 0 radical (unpaired) electrons. The lowest BCUT2D eigenvalue weighted by molar-refractivity contribution is 0.465. The van der Waals surface area contributed by atoms with Gasteiger partial charge in [0.05, 0.1) is 27.9 Å². The van der Waals surface area contributed by atoms with Gasteiger partial charge in [-0.25, -0.2) is 13.1 Å². The van der Waals surface area contributed by atoms with Gasteiger partial charge >= 0.3 is 0 Å². The van der Waals surface area contributed by atoms with E-state index < -0.39 is 10.0 Å². The highest BCUT2D eigenvalue weighted by atomic mass is 32.2. The molecule has 1 aromatic heterocycles. The number of hydrogen-bond acceptors (Lipinski definition) is 4. The largest absolute Gasteiger partial charge is 0.243 e. The molecular weight excluding hydrogens is 360 g/mol. The van der Waals surface area contributed by atoms with E-state index in [0.29, 0.717) is 5.56 Å². The highest BCUT2D eigenvalue weighted by Crippen LogP contribution is 2.23. The van der Waals surface area contributed by atoms with Crippen LogP contribution in [0.5, 0.6) is 0 Å². The first-order valence-electron chi connectivity index (χ1n) is 8.41. The minimum absolute atomic E-state index is 0.106. The van der Waals surface area contributed by atoms with Crippen LogP contribution in [0.3, 0.4) is 0 Å². The van der Waals surface area contributed by atoms with Gasteiger partial charge in [-0.1, -0.05) is 24.3 Å². The molecule has 138 valence electrons. The molecule has 0 spiro atoms. The van der Waals surface area contributed by atoms with Crippen molar-refractivity contribution in [2.24, 2.45) is 0 Å². The maximum Gasteiger partial charge on any atom is 0.243 e. The van der Waals surface area contributed by atoms with Crippen molar-refractivity contribution in [1.82, 2.24) is 14.1 Å². The maximum atomic E-state index is 12.9. The van der Waals surface area contributed by atoms with E-state index in [1.54, 1.807) is 12.1 Å². The molecule has 0 bridgehead atoms. The molecule has 6 nitrogen and oxygen atoms in total. The Morgan fingerprint density at radius 2 is 1.81 bits per heavy atom. The first kappa shape index (κ1) is 18.8. The summed E-state index contributed by atoms with van der Waals surface area (Å²) in [5, 5.41) is 13.6. The quantitative estimate of drug-likeness (QED) is 0.681. The first-order valence-corrected chi connectivity index (χ1v) is 9.85. The Labute approximate surface area is 159 Å². The zero-order valence-corrected chi connectivity index (χ0v) is 16.2. The van der Waals surface area contributed by atoms with Gasteiger partial charge in [-0.3, -0.25) is 0 Å². The Morgan fingerprint density at radius 3 is 2.48 bits per heavy atom. The number of aryl methyl sites for hydroxylation is 1. The smallest absolute Gasteiger partial charge is 0.238 e. The van der Waals surface area contributed by atoms with Gasteiger partial charge in [0.2, 0.25) is 10.0 Å². The number of nitriles is 1. The van der Waals surface area contributed by atoms with E-state index in [-0.39, 0.29) is 11.4 Å². The Bertz CT molecular complexity index is 1110. The minimum atomic E-state index is -3.71. The van der Waals surface area contributed by atoms with Crippen LogP contribution in [0, 0.1) is 25.2 Å². The van der Waals surface area contributed by atoms with E-state index in [0.717, 1.165) is 22.6 Å². The van der Waals surface area contributed by atoms with E-state index in [2.05, 4.69) is 5.10 Å². The molecule has 7 heteroatoms. The SMILES string of the molecule is Cc1nn(-c2ccccc2)c(C)c1CN(C)S(=O)(=O)c1cccc(C#N)c1. The lowest BCUT2D eigenvalue weighted by Gasteiger charge is -2.17. The van der Waals surface area contributed by atoms with Crippen LogP contribution in [0.25, 0.3) is 5.69 Å². The second-order valence-corrected chi connectivity index (χ2v) is 8.34. The third-order valence-electron chi connectivity index (χ3n) is 4.49. The van der Waals surface area contributed by atoms with E-state index in [1.807, 2.05) is 54.9 Å². The van der Waals surface area contributed by atoms with Crippen LogP contribution >= 0.6 is 0 Å². The molecule has 3 aromatic rings. The molecule has 0 aliphatic carbocycles. The standard InChI is InChI=1S/C20H20N4O2S/c1-15-20(16(2)24(22-15)18-9-5-4-6-10-18)14-23(3)27(25,26)19-11-7-8-17(12-19)13-21/h4-12H,14H2,1-3H3. The first-order chi connectivity index (χ1) is 12.8. The average molecular weight is 380 g/mol. The summed E-state index contributed by atoms with van der Waals surface area (Å²) in [7, 11) is -2.18. The predicted molar refractivity (Wildman–Crippen MR) is 103 cm³/mol. The molecule has 3 rings (SSSR count). The van der Waals surface area contributed by atoms with Crippen LogP contribution in [0.15, 0.2) is 59.5 Å². The van der Waals surface area contributed by atoms with Crippen LogP contribution in [-0.4, -0.2) is 29.6 Å². The van der Waals surface area contributed by atoms with Crippen molar-refractivity contribution in [3.63, 3.8) is 0 Å². The van der Waals surface area contributed by atoms with Crippen LogP contribution in [-0.2, 0) is 16.6 Å². The van der Waals surface area contributed by atoms with Gasteiger partial charge in [-0.15, -0.1) is 0 Å². The summed E-state index contributed by atoms with van der Waals surface area (Å²) in [5.41, 5.74) is 3.78. The number of para-hydroxylation sites is 1. The van der Waals surface area contributed by atoms with Crippen molar-refractivity contribution in [2.45, 2.75) is 25.3 Å². The fourth-order valence-corrected chi connectivity index (χ4v) is 4.12. The highest BCUT2D eigenvalue weighted by Gasteiger charge is 2.24. The number of aromatic nitrogens is 2. The number of hydrogen-bond donors (Lipinski definition) is 0. The lowest BCUT2D eigenvalue weighted by atomic mass is 10.2. The second kappa shape index (κ2) is 7.35. The number of nitrogens with zero attached hydrogens (tertiary/aromatic N) is 4. The summed E-state index contributed by atoms with van der Waals surface area (Å²) >= 11 is 0. The monoisotopic (exact) mass is 380 g/mol. The van der Waals surface area contributed by atoms with Crippen molar-refractivity contribution in [2.75, 3.05) is 7.05 Å².